The Morgan fingerprint density at radius 1 is 0.293 bits per heavy atom. The van der Waals surface area contributed by atoms with Crippen LogP contribution in [-0.2, 0) is 65.4 Å². The molecule has 0 aromatic rings. The van der Waals surface area contributed by atoms with Crippen LogP contribution in [0.5, 0.6) is 0 Å². The van der Waals surface area contributed by atoms with E-state index in [0.29, 0.717) is 25.7 Å². The molecule has 0 amide bonds. The van der Waals surface area contributed by atoms with E-state index in [-0.39, 0.29) is 25.7 Å². The van der Waals surface area contributed by atoms with Crippen LogP contribution in [0.4, 0.5) is 0 Å². The Morgan fingerprint density at radius 2 is 0.500 bits per heavy atom. The van der Waals surface area contributed by atoms with Crippen molar-refractivity contribution in [3.05, 3.63) is 0 Å². The molecule has 0 aliphatic rings. The van der Waals surface area contributed by atoms with E-state index < -0.39 is 97.5 Å². The molecule has 546 valence electrons. The van der Waals surface area contributed by atoms with Gasteiger partial charge in [-0.15, -0.1) is 0 Å². The number of unbranched alkanes of at least 4 members (excludes halogenated alkanes) is 45. The Bertz CT molecular complexity index is 1770. The van der Waals surface area contributed by atoms with Crippen LogP contribution < -0.4 is 0 Å². The molecule has 0 fully saturated rings. The first-order valence-corrected chi connectivity index (χ1v) is 41.1. The molecule has 0 aliphatic carbocycles. The summed E-state index contributed by atoms with van der Waals surface area (Å²) in [7, 11) is -9.90. The molecule has 0 saturated heterocycles. The van der Waals surface area contributed by atoms with Gasteiger partial charge in [-0.3, -0.25) is 37.3 Å². The lowest BCUT2D eigenvalue weighted by molar-refractivity contribution is -0.161. The summed E-state index contributed by atoms with van der Waals surface area (Å²) >= 11 is 0. The molecule has 17 nitrogen and oxygen atoms in total. The second kappa shape index (κ2) is 66.3. The van der Waals surface area contributed by atoms with Crippen molar-refractivity contribution in [3.63, 3.8) is 0 Å². The van der Waals surface area contributed by atoms with Crippen LogP contribution in [0.1, 0.15) is 381 Å². The summed E-state index contributed by atoms with van der Waals surface area (Å²) in [6.07, 6.45) is 53.9. The minimum atomic E-state index is -4.95. The highest BCUT2D eigenvalue weighted by Gasteiger charge is 2.30. The van der Waals surface area contributed by atoms with E-state index in [1.807, 2.05) is 0 Å². The van der Waals surface area contributed by atoms with Gasteiger partial charge in [0.2, 0.25) is 0 Å². The normalized spacial score (nSPS) is 14.0. The van der Waals surface area contributed by atoms with Gasteiger partial charge in [0.1, 0.15) is 19.3 Å². The zero-order chi connectivity index (χ0) is 67.7. The van der Waals surface area contributed by atoms with E-state index in [4.69, 9.17) is 37.0 Å². The molecular formula is C73H142O17P2. The number of phosphoric acid groups is 2. The van der Waals surface area contributed by atoms with Gasteiger partial charge in [0.25, 0.3) is 0 Å². The first kappa shape index (κ1) is 90.1. The third-order valence-corrected chi connectivity index (χ3v) is 18.9. The molecule has 0 bridgehead atoms. The molecular weight excluding hydrogens is 1210 g/mol. The van der Waals surface area contributed by atoms with E-state index in [1.54, 1.807) is 0 Å². The summed E-state index contributed by atoms with van der Waals surface area (Å²) in [5.74, 6) is -1.35. The second-order valence-corrected chi connectivity index (χ2v) is 29.7. The Hall–Kier alpha value is -1.94. The van der Waals surface area contributed by atoms with E-state index in [9.17, 15) is 43.2 Å². The van der Waals surface area contributed by atoms with Crippen molar-refractivity contribution in [1.29, 1.82) is 0 Å². The van der Waals surface area contributed by atoms with Gasteiger partial charge in [0, 0.05) is 25.7 Å². The topological polar surface area (TPSA) is 237 Å². The van der Waals surface area contributed by atoms with Crippen molar-refractivity contribution in [1.82, 2.24) is 0 Å². The first-order chi connectivity index (χ1) is 44.5. The summed E-state index contributed by atoms with van der Waals surface area (Å²) < 4.78 is 68.4. The van der Waals surface area contributed by atoms with Crippen LogP contribution in [0.2, 0.25) is 0 Å². The van der Waals surface area contributed by atoms with E-state index >= 15 is 0 Å². The molecule has 0 radical (unpaired) electrons. The highest BCUT2D eigenvalue weighted by molar-refractivity contribution is 7.47. The average molecular weight is 1350 g/mol. The fraction of sp³-hybridized carbons (Fsp3) is 0.945. The predicted octanol–water partition coefficient (Wildman–Crippen LogP) is 21.3. The Balaban J connectivity index is 5.25. The minimum absolute atomic E-state index is 0.107. The van der Waals surface area contributed by atoms with E-state index in [0.717, 1.165) is 95.8 Å². The lowest BCUT2D eigenvalue weighted by Gasteiger charge is -2.21. The Morgan fingerprint density at radius 3 is 0.739 bits per heavy atom. The lowest BCUT2D eigenvalue weighted by Crippen LogP contribution is -2.30. The van der Waals surface area contributed by atoms with Crippen LogP contribution in [0.25, 0.3) is 0 Å². The molecule has 0 rings (SSSR count). The number of esters is 4. The maximum atomic E-state index is 13.0. The number of aliphatic hydroxyl groups is 1. The van der Waals surface area contributed by atoms with Gasteiger partial charge in [0.15, 0.2) is 12.2 Å². The molecule has 0 aliphatic heterocycles. The molecule has 2 unspecified atom stereocenters. The van der Waals surface area contributed by atoms with Crippen molar-refractivity contribution in [3.8, 4) is 0 Å². The second-order valence-electron chi connectivity index (χ2n) is 26.8. The average Bonchev–Trinajstić information content (AvgIpc) is 3.21. The molecule has 0 heterocycles. The molecule has 0 aromatic carbocycles. The number of ether oxygens (including phenoxy) is 4. The maximum absolute atomic E-state index is 13.0. The maximum Gasteiger partial charge on any atom is 0.472 e. The van der Waals surface area contributed by atoms with Gasteiger partial charge in [-0.05, 0) is 31.6 Å². The number of phosphoric ester groups is 2. The molecule has 92 heavy (non-hydrogen) atoms. The van der Waals surface area contributed by atoms with Gasteiger partial charge in [0.05, 0.1) is 26.4 Å². The summed E-state index contributed by atoms with van der Waals surface area (Å²) in [5.41, 5.74) is 0. The summed E-state index contributed by atoms with van der Waals surface area (Å²) in [6, 6.07) is 0. The van der Waals surface area contributed by atoms with Crippen molar-refractivity contribution in [2.75, 3.05) is 39.6 Å². The summed E-state index contributed by atoms with van der Waals surface area (Å²) in [5, 5.41) is 10.6. The minimum Gasteiger partial charge on any atom is -0.462 e. The van der Waals surface area contributed by atoms with Crippen molar-refractivity contribution in [2.24, 2.45) is 5.92 Å². The Labute approximate surface area is 562 Å². The van der Waals surface area contributed by atoms with Gasteiger partial charge in [-0.25, -0.2) is 9.13 Å². The number of carbonyl (C=O) groups excluding carboxylic acids is 4. The van der Waals surface area contributed by atoms with E-state index in [1.165, 1.54) is 205 Å². The zero-order valence-electron chi connectivity index (χ0n) is 59.7. The molecule has 0 saturated carbocycles. The van der Waals surface area contributed by atoms with Gasteiger partial charge >= 0.3 is 39.5 Å². The molecule has 5 atom stereocenters. The lowest BCUT2D eigenvalue weighted by atomic mass is 10.0. The van der Waals surface area contributed by atoms with Gasteiger partial charge in [-0.2, -0.15) is 0 Å². The van der Waals surface area contributed by atoms with Crippen LogP contribution in [0.15, 0.2) is 0 Å². The largest absolute Gasteiger partial charge is 0.472 e. The van der Waals surface area contributed by atoms with Crippen LogP contribution in [0, 0.1) is 5.92 Å². The van der Waals surface area contributed by atoms with Crippen molar-refractivity contribution in [2.45, 2.75) is 400 Å². The van der Waals surface area contributed by atoms with Crippen molar-refractivity contribution < 1.29 is 80.2 Å². The zero-order valence-corrected chi connectivity index (χ0v) is 61.5. The Kier molecular flexibility index (Phi) is 64.9. The standard InChI is InChI=1S/C73H142O17P2/c1-6-9-12-15-18-21-24-26-28-32-37-42-47-52-57-71(76)84-63-69(90-73(78)59-54-49-44-39-34-30-31-35-40-45-50-55-66(4)5)65-88-92(81,82)86-61-67(74)60-85-91(79,80)87-64-68(62-83-70(75)56-51-46-41-36-23-20-17-14-11-8-3)89-72(77)58-53-48-43-38-33-29-27-25-22-19-16-13-10-7-2/h66-69,74H,6-65H2,1-5H3,(H,79,80)(H,81,82)/t67-,68+,69+/m0/s1. The number of aliphatic hydroxyl groups excluding tert-OH is 1. The van der Waals surface area contributed by atoms with E-state index in [2.05, 4.69) is 34.6 Å². The number of hydrogen-bond acceptors (Lipinski definition) is 15. The van der Waals surface area contributed by atoms with Gasteiger partial charge in [-0.1, -0.05) is 330 Å². The number of rotatable bonds is 73. The molecule has 0 spiro atoms. The smallest absolute Gasteiger partial charge is 0.462 e. The fourth-order valence-corrected chi connectivity index (χ4v) is 12.8. The summed E-state index contributed by atoms with van der Waals surface area (Å²) in [4.78, 5) is 72.7. The quantitative estimate of drug-likeness (QED) is 0.0222. The molecule has 0 aromatic heterocycles. The monoisotopic (exact) mass is 1350 g/mol. The third-order valence-electron chi connectivity index (χ3n) is 17.0. The fourth-order valence-electron chi connectivity index (χ4n) is 11.2. The highest BCUT2D eigenvalue weighted by atomic mass is 31.2. The summed E-state index contributed by atoms with van der Waals surface area (Å²) in [6.45, 7) is 7.27. The van der Waals surface area contributed by atoms with Gasteiger partial charge < -0.3 is 33.8 Å². The number of carbonyl (C=O) groups is 4. The molecule has 19 heteroatoms. The van der Waals surface area contributed by atoms with Crippen LogP contribution in [-0.4, -0.2) is 96.7 Å². The molecule has 3 N–H and O–H groups in total. The third kappa shape index (κ3) is 66.7. The highest BCUT2D eigenvalue weighted by Crippen LogP contribution is 2.45. The van der Waals surface area contributed by atoms with Crippen LogP contribution in [0.3, 0.4) is 0 Å². The first-order valence-electron chi connectivity index (χ1n) is 38.1. The van der Waals surface area contributed by atoms with Crippen LogP contribution >= 0.6 is 15.6 Å². The number of hydrogen-bond donors (Lipinski definition) is 3. The SMILES string of the molecule is CCCCCCCCCCCCCCCCC(=O)OC[C@H](COP(=O)(O)OC[C@@H](O)COP(=O)(O)OC[C@@H](COC(=O)CCCCCCCCCCCC)OC(=O)CCCCCCCCCCCCCCCC)OC(=O)CCCCCCCCCCCCCC(C)C. The predicted molar refractivity (Wildman–Crippen MR) is 372 cm³/mol. The van der Waals surface area contributed by atoms with Crippen molar-refractivity contribution >= 4 is 39.5 Å².